The minimum Gasteiger partial charge on any atom is -0.303 e. The predicted octanol–water partition coefficient (Wildman–Crippen LogP) is 4.01. The predicted molar refractivity (Wildman–Crippen MR) is 86.2 cm³/mol. The summed E-state index contributed by atoms with van der Waals surface area (Å²) in [5.74, 6) is 0.702. The Morgan fingerprint density at radius 1 is 1.50 bits per heavy atom. The molecule has 0 radical (unpaired) electrons. The Balaban J connectivity index is 1.90. The monoisotopic (exact) mass is 293 g/mol. The summed E-state index contributed by atoms with van der Waals surface area (Å²) < 4.78 is 0. The molecule has 0 saturated heterocycles. The Kier molecular flexibility index (Phi) is 5.03. The maximum absolute atomic E-state index is 12.5. The summed E-state index contributed by atoms with van der Waals surface area (Å²) in [6.07, 6.45) is 4.39. The first kappa shape index (κ1) is 15.7. The highest BCUT2D eigenvalue weighted by Crippen LogP contribution is 2.35. The van der Waals surface area contributed by atoms with Crippen LogP contribution in [0.3, 0.4) is 0 Å². The molecule has 1 fully saturated rings. The van der Waals surface area contributed by atoms with Gasteiger partial charge < -0.3 is 4.90 Å². The highest BCUT2D eigenvalue weighted by atomic mass is 32.1. The van der Waals surface area contributed by atoms with Gasteiger partial charge in [0, 0.05) is 28.8 Å². The number of carbonyl (C=O) groups excluding carboxylic acids is 1. The van der Waals surface area contributed by atoms with E-state index in [9.17, 15) is 4.79 Å². The Hall–Kier alpha value is -0.670. The number of rotatable bonds is 5. The Morgan fingerprint density at radius 2 is 2.25 bits per heavy atom. The molecule has 0 bridgehead atoms. The van der Waals surface area contributed by atoms with Gasteiger partial charge in [-0.1, -0.05) is 26.3 Å². The van der Waals surface area contributed by atoms with Crippen molar-refractivity contribution in [1.82, 2.24) is 4.90 Å². The molecule has 0 aromatic carbocycles. The van der Waals surface area contributed by atoms with Gasteiger partial charge in [0.25, 0.3) is 0 Å². The largest absolute Gasteiger partial charge is 0.303 e. The second-order valence-corrected chi connectivity index (χ2v) is 7.94. The quantitative estimate of drug-likeness (QED) is 0.817. The van der Waals surface area contributed by atoms with E-state index < -0.39 is 0 Å². The first-order chi connectivity index (χ1) is 9.40. The second-order valence-electron chi connectivity index (χ2n) is 6.91. The first-order valence-electron chi connectivity index (χ1n) is 7.67. The molecule has 3 heteroatoms. The van der Waals surface area contributed by atoms with E-state index in [1.807, 2.05) is 11.3 Å². The van der Waals surface area contributed by atoms with Crippen LogP contribution < -0.4 is 0 Å². The highest BCUT2D eigenvalue weighted by molar-refractivity contribution is 7.09. The maximum Gasteiger partial charge on any atom is 0.142 e. The molecule has 0 amide bonds. The lowest BCUT2D eigenvalue weighted by Crippen LogP contribution is -2.43. The van der Waals surface area contributed by atoms with Crippen molar-refractivity contribution in [3.8, 4) is 0 Å². The third kappa shape index (κ3) is 3.70. The third-order valence-electron chi connectivity index (χ3n) is 4.73. The van der Waals surface area contributed by atoms with Crippen LogP contribution in [0.4, 0.5) is 0 Å². The summed E-state index contributed by atoms with van der Waals surface area (Å²) in [6.45, 7) is 7.39. The molecular formula is C17H27NOS. The van der Waals surface area contributed by atoms with Crippen molar-refractivity contribution in [2.24, 2.45) is 11.3 Å². The number of thiophene rings is 1. The number of carbonyl (C=O) groups is 1. The zero-order chi connectivity index (χ0) is 14.8. The maximum atomic E-state index is 12.5. The van der Waals surface area contributed by atoms with Crippen molar-refractivity contribution in [1.29, 1.82) is 0 Å². The van der Waals surface area contributed by atoms with E-state index in [1.54, 1.807) is 0 Å². The molecule has 1 saturated carbocycles. The topological polar surface area (TPSA) is 20.3 Å². The number of likely N-dealkylation sites (N-methyl/N-ethyl adjacent to an activating group) is 1. The molecule has 2 rings (SSSR count). The molecule has 0 N–H and O–H groups in total. The van der Waals surface area contributed by atoms with Gasteiger partial charge in [0.15, 0.2) is 0 Å². The number of hydrogen-bond donors (Lipinski definition) is 0. The average molecular weight is 293 g/mol. The molecule has 2 atom stereocenters. The molecular weight excluding hydrogens is 266 g/mol. The van der Waals surface area contributed by atoms with Crippen LogP contribution in [0.1, 0.15) is 44.9 Å². The standard InChI is InChI=1S/C17H27NOS/c1-13(11-15-8-6-10-20-15)18(4)12-14-7-5-9-17(2,3)16(14)19/h6,8,10,13-14H,5,7,9,11-12H2,1-4H3. The van der Waals surface area contributed by atoms with Gasteiger partial charge in [-0.15, -0.1) is 11.3 Å². The average Bonchev–Trinajstić information content (AvgIpc) is 2.87. The Labute approximate surface area is 127 Å². The van der Waals surface area contributed by atoms with Gasteiger partial charge in [-0.3, -0.25) is 4.79 Å². The molecule has 1 aromatic heterocycles. The molecule has 0 aliphatic heterocycles. The van der Waals surface area contributed by atoms with E-state index in [0.29, 0.717) is 11.8 Å². The molecule has 2 nitrogen and oxygen atoms in total. The van der Waals surface area contributed by atoms with Gasteiger partial charge in [0.05, 0.1) is 0 Å². The van der Waals surface area contributed by atoms with Crippen LogP contribution in [0, 0.1) is 11.3 Å². The summed E-state index contributed by atoms with van der Waals surface area (Å²) in [5, 5.41) is 2.13. The van der Waals surface area contributed by atoms with Crippen molar-refractivity contribution >= 4 is 17.1 Å². The van der Waals surface area contributed by atoms with Gasteiger partial charge in [0.2, 0.25) is 0 Å². The summed E-state index contributed by atoms with van der Waals surface area (Å²) in [4.78, 5) is 16.3. The summed E-state index contributed by atoms with van der Waals surface area (Å²) in [7, 11) is 2.16. The third-order valence-corrected chi connectivity index (χ3v) is 5.63. The first-order valence-corrected chi connectivity index (χ1v) is 8.55. The Morgan fingerprint density at radius 3 is 2.90 bits per heavy atom. The molecule has 1 aromatic rings. The molecule has 0 spiro atoms. The number of hydrogen-bond acceptors (Lipinski definition) is 3. The van der Waals surface area contributed by atoms with Crippen LogP contribution in [-0.4, -0.2) is 30.3 Å². The van der Waals surface area contributed by atoms with E-state index >= 15 is 0 Å². The van der Waals surface area contributed by atoms with Gasteiger partial charge in [-0.05, 0) is 44.7 Å². The minimum absolute atomic E-state index is 0.110. The molecule has 2 unspecified atom stereocenters. The Bertz CT molecular complexity index is 438. The van der Waals surface area contributed by atoms with Crippen molar-refractivity contribution < 1.29 is 4.79 Å². The minimum atomic E-state index is -0.110. The lowest BCUT2D eigenvalue weighted by Gasteiger charge is -2.36. The van der Waals surface area contributed by atoms with E-state index in [4.69, 9.17) is 0 Å². The van der Waals surface area contributed by atoms with Gasteiger partial charge >= 0.3 is 0 Å². The molecule has 1 heterocycles. The fourth-order valence-corrected chi connectivity index (χ4v) is 4.00. The van der Waals surface area contributed by atoms with Crippen molar-refractivity contribution in [3.05, 3.63) is 22.4 Å². The normalized spacial score (nSPS) is 24.1. The number of nitrogens with zero attached hydrogens (tertiary/aromatic N) is 1. The highest BCUT2D eigenvalue weighted by Gasteiger charge is 2.37. The van der Waals surface area contributed by atoms with E-state index in [0.717, 1.165) is 25.8 Å². The molecule has 1 aliphatic carbocycles. The van der Waals surface area contributed by atoms with E-state index in [2.05, 4.69) is 50.2 Å². The SMILES string of the molecule is CC(Cc1cccs1)N(C)CC1CCCC(C)(C)C1=O. The smallest absolute Gasteiger partial charge is 0.142 e. The van der Waals surface area contributed by atoms with Gasteiger partial charge in [0.1, 0.15) is 5.78 Å². The number of Topliss-reactive ketones (excluding diaryl/α,β-unsaturated/α-hetero) is 1. The van der Waals surface area contributed by atoms with E-state index in [1.165, 1.54) is 11.3 Å². The van der Waals surface area contributed by atoms with Gasteiger partial charge in [-0.2, -0.15) is 0 Å². The van der Waals surface area contributed by atoms with Crippen LogP contribution in [0.25, 0.3) is 0 Å². The van der Waals surface area contributed by atoms with Crippen molar-refractivity contribution in [3.63, 3.8) is 0 Å². The molecule has 20 heavy (non-hydrogen) atoms. The van der Waals surface area contributed by atoms with Crippen LogP contribution in [-0.2, 0) is 11.2 Å². The lowest BCUT2D eigenvalue weighted by atomic mass is 9.71. The van der Waals surface area contributed by atoms with Crippen LogP contribution >= 0.6 is 11.3 Å². The zero-order valence-corrected chi connectivity index (χ0v) is 14.0. The van der Waals surface area contributed by atoms with Crippen LogP contribution in [0.15, 0.2) is 17.5 Å². The second kappa shape index (κ2) is 6.40. The number of ketones is 1. The summed E-state index contributed by atoms with van der Waals surface area (Å²) in [6, 6.07) is 4.80. The van der Waals surface area contributed by atoms with Gasteiger partial charge in [-0.25, -0.2) is 0 Å². The summed E-state index contributed by atoms with van der Waals surface area (Å²) >= 11 is 1.82. The fourth-order valence-electron chi connectivity index (χ4n) is 3.17. The molecule has 112 valence electrons. The van der Waals surface area contributed by atoms with Crippen LogP contribution in [0.2, 0.25) is 0 Å². The van der Waals surface area contributed by atoms with Crippen molar-refractivity contribution in [2.75, 3.05) is 13.6 Å². The summed E-state index contributed by atoms with van der Waals surface area (Å²) in [5.41, 5.74) is -0.110. The fraction of sp³-hybridized carbons (Fsp3) is 0.706. The zero-order valence-electron chi connectivity index (χ0n) is 13.2. The van der Waals surface area contributed by atoms with E-state index in [-0.39, 0.29) is 11.3 Å². The molecule has 1 aliphatic rings. The lowest BCUT2D eigenvalue weighted by molar-refractivity contribution is -0.135. The van der Waals surface area contributed by atoms with Crippen LogP contribution in [0.5, 0.6) is 0 Å². The van der Waals surface area contributed by atoms with Crippen molar-refractivity contribution in [2.45, 2.75) is 52.5 Å².